The zero-order valence-electron chi connectivity index (χ0n) is 49.0. The smallest absolute Gasteiger partial charge is 0.426 e. The van der Waals surface area contributed by atoms with Gasteiger partial charge in [0.05, 0.1) is 58.8 Å². The van der Waals surface area contributed by atoms with Crippen molar-refractivity contribution in [1.29, 1.82) is 0 Å². The van der Waals surface area contributed by atoms with Gasteiger partial charge in [-0.05, 0) is 137 Å². The van der Waals surface area contributed by atoms with Crippen molar-refractivity contribution in [1.82, 2.24) is 26.8 Å². The summed E-state index contributed by atoms with van der Waals surface area (Å²) < 4.78 is 26.9. The van der Waals surface area contributed by atoms with E-state index < -0.39 is 82.9 Å². The topological polar surface area (TPSA) is 393 Å². The molecule has 0 spiro atoms. The van der Waals surface area contributed by atoms with Crippen LogP contribution in [-0.4, -0.2) is 165 Å². The summed E-state index contributed by atoms with van der Waals surface area (Å²) in [4.78, 5) is 115. The largest absolute Gasteiger partial charge is 0.481 e. The molecule has 0 saturated heterocycles. The number of carboxylic acids is 4. The maximum atomic E-state index is 14.4. The van der Waals surface area contributed by atoms with Gasteiger partial charge in [0.1, 0.15) is 5.60 Å². The Balaban J connectivity index is 1.94. The molecule has 3 rings (SSSR count). The number of benzene rings is 2. The molecule has 25 heteroatoms. The minimum absolute atomic E-state index is 0.0536. The van der Waals surface area contributed by atoms with Gasteiger partial charge in [0, 0.05) is 76.7 Å². The van der Waals surface area contributed by atoms with Crippen LogP contribution in [0.4, 0.5) is 4.79 Å². The van der Waals surface area contributed by atoms with E-state index in [1.165, 1.54) is 0 Å². The maximum absolute atomic E-state index is 14.4. The molecule has 5 amide bonds. The summed E-state index contributed by atoms with van der Waals surface area (Å²) in [7, 11) is 0. The number of carbonyl (C=O) groups is 9. The van der Waals surface area contributed by atoms with Crippen LogP contribution in [-0.2, 0) is 87.7 Å². The zero-order valence-corrected chi connectivity index (χ0v) is 49.0. The quantitative estimate of drug-likeness (QED) is 0.0335. The number of nitrogens with one attached hydrogen (secondary N) is 5. The molecule has 0 aliphatic heterocycles. The number of ether oxygens (including phenoxy) is 5. The van der Waals surface area contributed by atoms with E-state index in [0.29, 0.717) is 77.0 Å². The predicted molar refractivity (Wildman–Crippen MR) is 308 cm³/mol. The Bertz CT molecular complexity index is 2400. The van der Waals surface area contributed by atoms with Crippen molar-refractivity contribution in [2.45, 2.75) is 141 Å². The number of carboxylic acid groups (broad SMARTS) is 4. The first-order valence-electron chi connectivity index (χ1n) is 29.0. The summed E-state index contributed by atoms with van der Waals surface area (Å²) in [5.74, 6) is -10.9. The van der Waals surface area contributed by atoms with Gasteiger partial charge in [0.15, 0.2) is 0 Å². The molecule has 2 aromatic carbocycles. The van der Waals surface area contributed by atoms with Crippen LogP contribution in [0, 0.1) is 17.8 Å². The van der Waals surface area contributed by atoms with Crippen LogP contribution in [0.3, 0.4) is 0 Å². The Hall–Kier alpha value is -6.77. The maximum Gasteiger partial charge on any atom is 0.426 e. The van der Waals surface area contributed by atoms with Crippen LogP contribution in [0.25, 0.3) is 0 Å². The van der Waals surface area contributed by atoms with Crippen molar-refractivity contribution in [2.75, 3.05) is 85.6 Å². The van der Waals surface area contributed by atoms with Crippen LogP contribution in [0.5, 0.6) is 0 Å². The molecule has 4 atom stereocenters. The summed E-state index contributed by atoms with van der Waals surface area (Å²) in [6.45, 7) is 7.70. The third-order valence-corrected chi connectivity index (χ3v) is 14.1. The monoisotopic (exact) mass is 1190 g/mol. The number of amides is 5. The fourth-order valence-corrected chi connectivity index (χ4v) is 9.87. The second-order valence-corrected chi connectivity index (χ2v) is 21.8. The van der Waals surface area contributed by atoms with Crippen LogP contribution in [0.1, 0.15) is 143 Å². The zero-order chi connectivity index (χ0) is 61.9. The van der Waals surface area contributed by atoms with Crippen molar-refractivity contribution >= 4 is 53.6 Å². The van der Waals surface area contributed by atoms with E-state index in [2.05, 4.69) is 32.9 Å². The fourth-order valence-electron chi connectivity index (χ4n) is 9.87. The molecule has 25 nitrogen and oxygen atoms in total. The molecule has 2 aromatic rings. The number of carbonyl (C=O) groups excluding carboxylic acids is 5. The van der Waals surface area contributed by atoms with Crippen LogP contribution in [0.15, 0.2) is 36.4 Å². The summed E-state index contributed by atoms with van der Waals surface area (Å²) in [5.41, 5.74) is 20.2. The van der Waals surface area contributed by atoms with Crippen molar-refractivity contribution in [3.8, 4) is 0 Å². The van der Waals surface area contributed by atoms with Gasteiger partial charge in [-0.2, -0.15) is 0 Å². The molecule has 0 heterocycles. The van der Waals surface area contributed by atoms with Crippen LogP contribution < -0.4 is 38.3 Å². The average molecular weight is 1190 g/mol. The summed E-state index contributed by atoms with van der Waals surface area (Å²) in [6, 6.07) is 11.8. The highest BCUT2D eigenvalue weighted by Gasteiger charge is 2.34. The molecule has 0 radical (unpaired) electrons. The van der Waals surface area contributed by atoms with Crippen LogP contribution >= 0.6 is 0 Å². The van der Waals surface area contributed by atoms with E-state index in [-0.39, 0.29) is 123 Å². The van der Waals surface area contributed by atoms with Crippen molar-refractivity contribution in [2.24, 2.45) is 29.2 Å². The van der Waals surface area contributed by atoms with Gasteiger partial charge in [-0.15, -0.1) is 0 Å². The van der Waals surface area contributed by atoms with E-state index in [0.717, 1.165) is 27.8 Å². The molecular weight excluding hydrogens is 1090 g/mol. The first kappa shape index (κ1) is 71.5. The number of hydrogen-bond acceptors (Lipinski definition) is 16. The molecule has 470 valence electrons. The van der Waals surface area contributed by atoms with E-state index in [1.807, 2.05) is 30.3 Å². The number of aryl methyl sites for hydroxylation is 4. The first-order chi connectivity index (χ1) is 40.1. The molecule has 13 N–H and O–H groups in total. The Morgan fingerprint density at radius 2 is 0.929 bits per heavy atom. The van der Waals surface area contributed by atoms with Crippen molar-refractivity contribution in [3.05, 3.63) is 69.8 Å². The summed E-state index contributed by atoms with van der Waals surface area (Å²) in [5, 5.41) is 47.9. The average Bonchev–Trinajstić information content (AvgIpc) is 2.91. The normalized spacial score (nSPS) is 13.6. The number of nitrogens with two attached hydrogens (primary N) is 2. The highest BCUT2D eigenvalue weighted by Crippen LogP contribution is 2.36. The molecule has 0 bridgehead atoms. The van der Waals surface area contributed by atoms with Gasteiger partial charge in [-0.25, -0.2) is 10.2 Å². The van der Waals surface area contributed by atoms with Gasteiger partial charge in [0.25, 0.3) is 0 Å². The van der Waals surface area contributed by atoms with Gasteiger partial charge < -0.3 is 71.5 Å². The second-order valence-electron chi connectivity index (χ2n) is 21.8. The first-order valence-corrected chi connectivity index (χ1v) is 29.0. The highest BCUT2D eigenvalue weighted by molar-refractivity contribution is 5.84. The van der Waals surface area contributed by atoms with E-state index >= 15 is 0 Å². The molecule has 1 aliphatic rings. The van der Waals surface area contributed by atoms with Gasteiger partial charge >= 0.3 is 30.0 Å². The molecular formula is C59H91N7O18. The lowest BCUT2D eigenvalue weighted by Crippen LogP contribution is -2.45. The van der Waals surface area contributed by atoms with Crippen molar-refractivity contribution in [3.63, 3.8) is 0 Å². The number of fused-ring (bicyclic) bond motifs is 2. The van der Waals surface area contributed by atoms with Gasteiger partial charge in [-0.3, -0.25) is 43.8 Å². The van der Waals surface area contributed by atoms with E-state index in [9.17, 15) is 63.6 Å². The minimum Gasteiger partial charge on any atom is -0.481 e. The molecule has 4 unspecified atom stereocenters. The lowest BCUT2D eigenvalue weighted by atomic mass is 9.78. The third kappa shape index (κ3) is 30.2. The number of hydrazine groups is 1. The molecule has 1 aliphatic carbocycles. The SMILES string of the molecule is CC(C)(C)OC(=O)NNC(=O)CCNC(=O)C(CC(CC(CCC(=O)O)c1ccc2c(c1)CCc1ccc(C(CCC(=O)O)CCC(=O)O)cc1CC2)C(=O)O)CC(CCC(=O)NCCOCCOCCN)C(=O)NCCOCCOCCN. The number of hydrogen-bond donors (Lipinski definition) is 11. The lowest BCUT2D eigenvalue weighted by molar-refractivity contribution is -0.143. The number of rotatable bonds is 42. The molecule has 0 fully saturated rings. The van der Waals surface area contributed by atoms with Gasteiger partial charge in [-0.1, -0.05) is 36.4 Å². The molecule has 84 heavy (non-hydrogen) atoms. The molecule has 0 saturated carbocycles. The lowest BCUT2D eigenvalue weighted by Gasteiger charge is -2.28. The Kier molecular flexibility index (Phi) is 33.8. The predicted octanol–water partition coefficient (Wildman–Crippen LogP) is 3.49. The highest BCUT2D eigenvalue weighted by atomic mass is 16.6. The van der Waals surface area contributed by atoms with Gasteiger partial charge in [0.2, 0.25) is 23.6 Å². The fraction of sp³-hybridized carbons (Fsp3) is 0.644. The van der Waals surface area contributed by atoms with Crippen LogP contribution in [0.2, 0.25) is 0 Å². The summed E-state index contributed by atoms with van der Waals surface area (Å²) in [6.07, 6.45) is 0.613. The second kappa shape index (κ2) is 39.7. The Labute approximate surface area is 491 Å². The number of aliphatic carboxylic acids is 4. The van der Waals surface area contributed by atoms with E-state index in [4.69, 9.17) is 35.2 Å². The Morgan fingerprint density at radius 1 is 0.476 bits per heavy atom. The molecule has 0 aromatic heterocycles. The minimum atomic E-state index is -1.27. The summed E-state index contributed by atoms with van der Waals surface area (Å²) >= 11 is 0. The van der Waals surface area contributed by atoms with Crippen molar-refractivity contribution < 1.29 is 87.3 Å². The third-order valence-electron chi connectivity index (χ3n) is 14.1. The standard InChI is InChI=1S/C59H91N7O18/c1-59(2,3)84-58(79)66-65-51(68)20-23-63-56(76)48(37-47(55(75)64-25-29-83-33-31-81-27-22-61)12-16-50(67)62-24-28-82-32-30-80-26-21-60)38-49(57(77)78)36-46(15-19-54(73)74)45-11-7-40-4-8-42-34-43(9-5-39(42)6-10-44(40)35-45)41(13-17-52(69)70)14-18-53(71)72/h5,7,9,11,34-35,41,46-49H,4,6,8,10,12-33,36-38,60-61H2,1-3H3,(H,62,67)(H,63,76)(H,64,75)(H,65,68)(H,66,79)(H,69,70)(H,71,72)(H,73,74)(H,77,78). The van der Waals surface area contributed by atoms with E-state index in [1.54, 1.807) is 20.8 Å². The Morgan fingerprint density at radius 3 is 1.43 bits per heavy atom.